The molecule has 0 saturated heterocycles. The zero-order valence-corrected chi connectivity index (χ0v) is 7.49. The molecule has 0 heterocycles. The lowest BCUT2D eigenvalue weighted by Gasteiger charge is -2.23. The lowest BCUT2D eigenvalue weighted by molar-refractivity contribution is 0.180. The van der Waals surface area contributed by atoms with Gasteiger partial charge in [-0.2, -0.15) is 8.42 Å². The monoisotopic (exact) mass is 198 g/mol. The van der Waals surface area contributed by atoms with Gasteiger partial charge in [0.2, 0.25) is 0 Å². The van der Waals surface area contributed by atoms with E-state index in [1.807, 2.05) is 0 Å². The van der Waals surface area contributed by atoms with Crippen LogP contribution in [-0.4, -0.2) is 20.3 Å². The van der Waals surface area contributed by atoms with Gasteiger partial charge in [0.05, 0.1) is 5.75 Å². The quantitative estimate of drug-likeness (QED) is 0.634. The SMILES string of the molecule is O=S(=O)(F)CC1CCCCC1F. The van der Waals surface area contributed by atoms with Crippen LogP contribution in [0, 0.1) is 5.92 Å². The zero-order chi connectivity index (χ0) is 9.19. The van der Waals surface area contributed by atoms with E-state index in [1.165, 1.54) is 0 Å². The van der Waals surface area contributed by atoms with Crippen molar-refractivity contribution in [3.8, 4) is 0 Å². The van der Waals surface area contributed by atoms with Crippen LogP contribution in [0.4, 0.5) is 8.28 Å². The van der Waals surface area contributed by atoms with Crippen LogP contribution in [0.2, 0.25) is 0 Å². The highest BCUT2D eigenvalue weighted by atomic mass is 32.3. The molecule has 1 saturated carbocycles. The van der Waals surface area contributed by atoms with Gasteiger partial charge in [-0.1, -0.05) is 12.8 Å². The van der Waals surface area contributed by atoms with Crippen molar-refractivity contribution in [2.24, 2.45) is 5.92 Å². The maximum absolute atomic E-state index is 12.9. The highest BCUT2D eigenvalue weighted by Crippen LogP contribution is 2.28. The van der Waals surface area contributed by atoms with Crippen LogP contribution in [0.5, 0.6) is 0 Å². The predicted octanol–water partition coefficient (Wildman–Crippen LogP) is 1.81. The van der Waals surface area contributed by atoms with Crippen molar-refractivity contribution in [3.63, 3.8) is 0 Å². The Hall–Kier alpha value is -0.190. The molecule has 2 nitrogen and oxygen atoms in total. The van der Waals surface area contributed by atoms with E-state index in [2.05, 4.69) is 0 Å². The highest BCUT2D eigenvalue weighted by molar-refractivity contribution is 7.86. The normalized spacial score (nSPS) is 31.8. The molecular weight excluding hydrogens is 186 g/mol. The number of alkyl halides is 1. The van der Waals surface area contributed by atoms with Gasteiger partial charge < -0.3 is 0 Å². The summed E-state index contributed by atoms with van der Waals surface area (Å²) in [6.07, 6.45) is 1.32. The second-order valence-corrected chi connectivity index (χ2v) is 4.68. The second-order valence-electron chi connectivity index (χ2n) is 3.27. The molecule has 0 aliphatic heterocycles. The van der Waals surface area contributed by atoms with Crippen LogP contribution in [0.1, 0.15) is 25.7 Å². The summed E-state index contributed by atoms with van der Waals surface area (Å²) in [5.74, 6) is -1.26. The van der Waals surface area contributed by atoms with Crippen LogP contribution in [-0.2, 0) is 10.2 Å². The lowest BCUT2D eigenvalue weighted by atomic mass is 9.89. The van der Waals surface area contributed by atoms with Crippen LogP contribution in [0.15, 0.2) is 0 Å². The van der Waals surface area contributed by atoms with Crippen molar-refractivity contribution in [1.82, 2.24) is 0 Å². The Morgan fingerprint density at radius 1 is 1.25 bits per heavy atom. The molecule has 0 aromatic rings. The first-order chi connectivity index (χ1) is 5.49. The average molecular weight is 198 g/mol. The maximum atomic E-state index is 12.9. The minimum absolute atomic E-state index is 0.375. The summed E-state index contributed by atoms with van der Waals surface area (Å²) >= 11 is 0. The van der Waals surface area contributed by atoms with Gasteiger partial charge in [-0.15, -0.1) is 3.89 Å². The van der Waals surface area contributed by atoms with Crippen molar-refractivity contribution >= 4 is 10.2 Å². The molecule has 0 aromatic carbocycles. The van der Waals surface area contributed by atoms with Crippen molar-refractivity contribution in [2.75, 3.05) is 5.75 Å². The Morgan fingerprint density at radius 3 is 2.33 bits per heavy atom. The van der Waals surface area contributed by atoms with Gasteiger partial charge in [-0.3, -0.25) is 0 Å². The first kappa shape index (κ1) is 9.89. The molecule has 1 aliphatic carbocycles. The Balaban J connectivity index is 2.50. The van der Waals surface area contributed by atoms with Crippen LogP contribution in [0.3, 0.4) is 0 Å². The van der Waals surface area contributed by atoms with Crippen molar-refractivity contribution in [3.05, 3.63) is 0 Å². The smallest absolute Gasteiger partial charge is 0.247 e. The number of rotatable bonds is 2. The Morgan fingerprint density at radius 2 is 1.83 bits per heavy atom. The fourth-order valence-electron chi connectivity index (χ4n) is 1.61. The maximum Gasteiger partial charge on any atom is 0.302 e. The molecule has 0 amide bonds. The summed E-state index contributed by atoms with van der Waals surface area (Å²) in [4.78, 5) is 0. The molecule has 1 rings (SSSR count). The molecule has 2 unspecified atom stereocenters. The van der Waals surface area contributed by atoms with Gasteiger partial charge in [-0.25, -0.2) is 4.39 Å². The molecule has 0 radical (unpaired) electrons. The van der Waals surface area contributed by atoms with Crippen LogP contribution < -0.4 is 0 Å². The minimum Gasteiger partial charge on any atom is -0.247 e. The van der Waals surface area contributed by atoms with Gasteiger partial charge >= 0.3 is 10.2 Å². The fourth-order valence-corrected chi connectivity index (χ4v) is 2.49. The summed E-state index contributed by atoms with van der Waals surface area (Å²) in [6, 6.07) is 0. The summed E-state index contributed by atoms with van der Waals surface area (Å²) in [5, 5.41) is 0. The fraction of sp³-hybridized carbons (Fsp3) is 1.00. The molecule has 0 aromatic heterocycles. The largest absolute Gasteiger partial charge is 0.302 e. The molecule has 5 heteroatoms. The van der Waals surface area contributed by atoms with E-state index >= 15 is 0 Å². The molecule has 1 aliphatic rings. The van der Waals surface area contributed by atoms with Crippen molar-refractivity contribution in [2.45, 2.75) is 31.9 Å². The van der Waals surface area contributed by atoms with Gasteiger partial charge in [0, 0.05) is 5.92 Å². The molecule has 1 fully saturated rings. The summed E-state index contributed by atoms with van der Waals surface area (Å²) in [6.45, 7) is 0. The average Bonchev–Trinajstić information content (AvgIpc) is 1.91. The number of halogens is 2. The van der Waals surface area contributed by atoms with E-state index in [1.54, 1.807) is 0 Å². The number of hydrogen-bond donors (Lipinski definition) is 0. The third-order valence-electron chi connectivity index (χ3n) is 2.23. The summed E-state index contributed by atoms with van der Waals surface area (Å²) in [5.41, 5.74) is 0. The Bertz CT molecular complexity index is 238. The third kappa shape index (κ3) is 3.05. The molecule has 0 spiro atoms. The number of hydrogen-bond acceptors (Lipinski definition) is 2. The van der Waals surface area contributed by atoms with Gasteiger partial charge in [0.1, 0.15) is 6.17 Å². The van der Waals surface area contributed by atoms with Crippen molar-refractivity contribution in [1.29, 1.82) is 0 Å². The van der Waals surface area contributed by atoms with Crippen LogP contribution in [0.25, 0.3) is 0 Å². The molecular formula is C7H12F2O2S. The van der Waals surface area contributed by atoms with E-state index in [4.69, 9.17) is 0 Å². The predicted molar refractivity (Wildman–Crippen MR) is 41.7 cm³/mol. The molecule has 0 bridgehead atoms. The van der Waals surface area contributed by atoms with Gasteiger partial charge in [0.25, 0.3) is 0 Å². The minimum atomic E-state index is -4.50. The van der Waals surface area contributed by atoms with Crippen LogP contribution >= 0.6 is 0 Å². The van der Waals surface area contributed by atoms with Gasteiger partial charge in [0.15, 0.2) is 0 Å². The Kier molecular flexibility index (Phi) is 3.04. The first-order valence-electron chi connectivity index (χ1n) is 4.05. The Labute approximate surface area is 71.2 Å². The lowest BCUT2D eigenvalue weighted by Crippen LogP contribution is -2.26. The van der Waals surface area contributed by atoms with E-state index in [-0.39, 0.29) is 0 Å². The van der Waals surface area contributed by atoms with E-state index in [0.717, 1.165) is 12.8 Å². The molecule has 0 N–H and O–H groups in total. The zero-order valence-electron chi connectivity index (χ0n) is 6.67. The van der Waals surface area contributed by atoms with E-state index < -0.39 is 28.1 Å². The summed E-state index contributed by atoms with van der Waals surface area (Å²) < 4.78 is 45.5. The first-order valence-corrected chi connectivity index (χ1v) is 5.61. The summed E-state index contributed by atoms with van der Waals surface area (Å²) in [7, 11) is -4.50. The van der Waals surface area contributed by atoms with Crippen molar-refractivity contribution < 1.29 is 16.7 Å². The molecule has 12 heavy (non-hydrogen) atoms. The standard InChI is InChI=1S/C7H12F2O2S/c8-7-4-2-1-3-6(7)5-12(9,10)11/h6-7H,1-5H2. The molecule has 72 valence electrons. The highest BCUT2D eigenvalue weighted by Gasteiger charge is 2.29. The third-order valence-corrected chi connectivity index (χ3v) is 3.06. The van der Waals surface area contributed by atoms with Gasteiger partial charge in [-0.05, 0) is 12.8 Å². The second kappa shape index (κ2) is 3.68. The van der Waals surface area contributed by atoms with E-state index in [9.17, 15) is 16.7 Å². The van der Waals surface area contributed by atoms with E-state index in [0.29, 0.717) is 12.8 Å². The topological polar surface area (TPSA) is 34.1 Å². The molecule has 2 atom stereocenters.